The minimum Gasteiger partial charge on any atom is -0.481 e. The molecule has 1 aromatic carbocycles. The zero-order valence-corrected chi connectivity index (χ0v) is 11.2. The van der Waals surface area contributed by atoms with Gasteiger partial charge in [0.2, 0.25) is 0 Å². The largest absolute Gasteiger partial charge is 0.481 e. The molecule has 0 amide bonds. The molecule has 1 aliphatic carbocycles. The normalized spacial score (nSPS) is 22.5. The maximum atomic E-state index is 10.9. The summed E-state index contributed by atoms with van der Waals surface area (Å²) in [4.78, 5) is 10.9. The summed E-state index contributed by atoms with van der Waals surface area (Å²) in [5, 5.41) is 21.5. The predicted octanol–water partition coefficient (Wildman–Crippen LogP) is 3.27. The number of hydrogen-bond donors (Lipinski definition) is 2. The van der Waals surface area contributed by atoms with Gasteiger partial charge in [-0.25, -0.2) is 0 Å². The SMILES string of the molecule is N#Cc1ccc(NC2CCC(C(=O)O)CC2)cc1Cl. The number of rotatable bonds is 3. The van der Waals surface area contributed by atoms with Crippen LogP contribution in [0, 0.1) is 17.2 Å². The number of aliphatic carboxylic acids is 1. The summed E-state index contributed by atoms with van der Waals surface area (Å²) in [6.45, 7) is 0. The van der Waals surface area contributed by atoms with Crippen molar-refractivity contribution >= 4 is 23.3 Å². The van der Waals surface area contributed by atoms with E-state index in [1.165, 1.54) is 0 Å². The molecule has 5 heteroatoms. The molecular weight excluding hydrogens is 264 g/mol. The fraction of sp³-hybridized carbons (Fsp3) is 0.429. The number of halogens is 1. The molecule has 0 spiro atoms. The van der Waals surface area contributed by atoms with E-state index in [0.29, 0.717) is 23.4 Å². The summed E-state index contributed by atoms with van der Waals surface area (Å²) in [5.74, 6) is -0.900. The van der Waals surface area contributed by atoms with Gasteiger partial charge < -0.3 is 10.4 Å². The van der Waals surface area contributed by atoms with Crippen molar-refractivity contribution in [3.8, 4) is 6.07 Å². The average molecular weight is 279 g/mol. The Morgan fingerprint density at radius 2 is 2.05 bits per heavy atom. The third kappa shape index (κ3) is 3.39. The highest BCUT2D eigenvalue weighted by molar-refractivity contribution is 6.32. The molecule has 4 nitrogen and oxygen atoms in total. The maximum absolute atomic E-state index is 10.9. The number of carboxylic acid groups (broad SMARTS) is 1. The summed E-state index contributed by atoms with van der Waals surface area (Å²) in [6, 6.07) is 7.55. The lowest BCUT2D eigenvalue weighted by molar-refractivity contribution is -0.142. The van der Waals surface area contributed by atoms with E-state index in [-0.39, 0.29) is 12.0 Å². The van der Waals surface area contributed by atoms with Crippen LogP contribution in [0.4, 0.5) is 5.69 Å². The van der Waals surface area contributed by atoms with Crippen LogP contribution in [0.3, 0.4) is 0 Å². The molecule has 100 valence electrons. The lowest BCUT2D eigenvalue weighted by atomic mass is 9.86. The summed E-state index contributed by atoms with van der Waals surface area (Å²) in [5.41, 5.74) is 1.34. The highest BCUT2D eigenvalue weighted by atomic mass is 35.5. The van der Waals surface area contributed by atoms with Crippen LogP contribution in [-0.2, 0) is 4.79 Å². The quantitative estimate of drug-likeness (QED) is 0.890. The van der Waals surface area contributed by atoms with E-state index in [1.807, 2.05) is 12.1 Å². The van der Waals surface area contributed by atoms with Crippen molar-refractivity contribution in [3.63, 3.8) is 0 Å². The first kappa shape index (κ1) is 13.7. The predicted molar refractivity (Wildman–Crippen MR) is 73.2 cm³/mol. The van der Waals surface area contributed by atoms with Gasteiger partial charge in [0.1, 0.15) is 6.07 Å². The number of carboxylic acids is 1. The van der Waals surface area contributed by atoms with Crippen molar-refractivity contribution in [2.24, 2.45) is 5.92 Å². The Kier molecular flexibility index (Phi) is 4.28. The summed E-state index contributed by atoms with van der Waals surface area (Å²) in [7, 11) is 0. The number of benzene rings is 1. The average Bonchev–Trinajstić information content (AvgIpc) is 2.39. The van der Waals surface area contributed by atoms with E-state index in [9.17, 15) is 4.79 Å². The zero-order chi connectivity index (χ0) is 13.8. The van der Waals surface area contributed by atoms with E-state index >= 15 is 0 Å². The Morgan fingerprint density at radius 1 is 1.37 bits per heavy atom. The van der Waals surface area contributed by atoms with Crippen molar-refractivity contribution in [3.05, 3.63) is 28.8 Å². The lowest BCUT2D eigenvalue weighted by Gasteiger charge is -2.27. The second kappa shape index (κ2) is 5.94. The first-order valence-corrected chi connectivity index (χ1v) is 6.67. The summed E-state index contributed by atoms with van der Waals surface area (Å²) < 4.78 is 0. The Bertz CT molecular complexity index is 517. The van der Waals surface area contributed by atoms with Crippen LogP contribution >= 0.6 is 11.6 Å². The van der Waals surface area contributed by atoms with E-state index in [4.69, 9.17) is 22.0 Å². The molecule has 1 aromatic rings. The van der Waals surface area contributed by atoms with Gasteiger partial charge >= 0.3 is 5.97 Å². The van der Waals surface area contributed by atoms with Crippen molar-refractivity contribution in [2.45, 2.75) is 31.7 Å². The van der Waals surface area contributed by atoms with Crippen LogP contribution < -0.4 is 5.32 Å². The maximum Gasteiger partial charge on any atom is 0.306 e. The Hall–Kier alpha value is -1.73. The van der Waals surface area contributed by atoms with Crippen LogP contribution in [0.5, 0.6) is 0 Å². The fourth-order valence-electron chi connectivity index (χ4n) is 2.42. The highest BCUT2D eigenvalue weighted by Gasteiger charge is 2.25. The molecule has 0 radical (unpaired) electrons. The molecule has 0 heterocycles. The second-order valence-corrected chi connectivity index (χ2v) is 5.24. The summed E-state index contributed by atoms with van der Waals surface area (Å²) in [6.07, 6.45) is 3.09. The number of nitrogens with zero attached hydrogens (tertiary/aromatic N) is 1. The molecule has 0 saturated heterocycles. The molecule has 0 unspecified atom stereocenters. The molecule has 2 rings (SSSR count). The fourth-order valence-corrected chi connectivity index (χ4v) is 2.64. The monoisotopic (exact) mass is 278 g/mol. The standard InChI is InChI=1S/C14H15ClN2O2/c15-13-7-12(6-3-10(13)8-16)17-11-4-1-9(2-5-11)14(18)19/h3,6-7,9,11,17H,1-2,4-5H2,(H,18,19). The van der Waals surface area contributed by atoms with E-state index in [1.54, 1.807) is 12.1 Å². The molecule has 2 N–H and O–H groups in total. The molecule has 0 bridgehead atoms. The first-order valence-electron chi connectivity index (χ1n) is 6.29. The van der Waals surface area contributed by atoms with Crippen LogP contribution in [0.25, 0.3) is 0 Å². The van der Waals surface area contributed by atoms with Crippen LogP contribution in [0.15, 0.2) is 18.2 Å². The second-order valence-electron chi connectivity index (χ2n) is 4.84. The molecule has 0 aliphatic heterocycles. The van der Waals surface area contributed by atoms with E-state index in [2.05, 4.69) is 5.32 Å². The third-order valence-electron chi connectivity index (χ3n) is 3.54. The van der Waals surface area contributed by atoms with Gasteiger partial charge in [0.05, 0.1) is 16.5 Å². The molecular formula is C14H15ClN2O2. The van der Waals surface area contributed by atoms with Gasteiger partial charge in [-0.3, -0.25) is 4.79 Å². The Morgan fingerprint density at radius 3 is 2.58 bits per heavy atom. The first-order chi connectivity index (χ1) is 9.10. The molecule has 1 fully saturated rings. The zero-order valence-electron chi connectivity index (χ0n) is 10.4. The number of anilines is 1. The van der Waals surface area contributed by atoms with Gasteiger partial charge in [-0.05, 0) is 43.9 Å². The van der Waals surface area contributed by atoms with Gasteiger partial charge in [-0.15, -0.1) is 0 Å². The third-order valence-corrected chi connectivity index (χ3v) is 3.85. The van der Waals surface area contributed by atoms with E-state index < -0.39 is 5.97 Å². The van der Waals surface area contributed by atoms with Crippen LogP contribution in [0.2, 0.25) is 5.02 Å². The van der Waals surface area contributed by atoms with Gasteiger partial charge in [-0.2, -0.15) is 5.26 Å². The minimum absolute atomic E-state index is 0.206. The minimum atomic E-state index is -0.695. The van der Waals surface area contributed by atoms with Crippen molar-refractivity contribution in [1.29, 1.82) is 5.26 Å². The topological polar surface area (TPSA) is 73.1 Å². The Balaban J connectivity index is 1.94. The van der Waals surface area contributed by atoms with Gasteiger partial charge in [0.15, 0.2) is 0 Å². The summed E-state index contributed by atoms with van der Waals surface area (Å²) >= 11 is 5.97. The number of nitriles is 1. The van der Waals surface area contributed by atoms with Gasteiger partial charge in [0, 0.05) is 11.7 Å². The van der Waals surface area contributed by atoms with Crippen molar-refractivity contribution < 1.29 is 9.90 Å². The van der Waals surface area contributed by atoms with Crippen LogP contribution in [0.1, 0.15) is 31.2 Å². The number of nitrogens with one attached hydrogen (secondary N) is 1. The molecule has 1 aliphatic rings. The highest BCUT2D eigenvalue weighted by Crippen LogP contribution is 2.28. The Labute approximate surface area is 117 Å². The van der Waals surface area contributed by atoms with Crippen molar-refractivity contribution in [1.82, 2.24) is 0 Å². The molecule has 19 heavy (non-hydrogen) atoms. The smallest absolute Gasteiger partial charge is 0.306 e. The molecule has 1 saturated carbocycles. The van der Waals surface area contributed by atoms with Crippen molar-refractivity contribution in [2.75, 3.05) is 5.32 Å². The van der Waals surface area contributed by atoms with Gasteiger partial charge in [-0.1, -0.05) is 11.6 Å². The van der Waals surface area contributed by atoms with Crippen LogP contribution in [-0.4, -0.2) is 17.1 Å². The number of carbonyl (C=O) groups is 1. The molecule has 0 aromatic heterocycles. The molecule has 0 atom stereocenters. The lowest BCUT2D eigenvalue weighted by Crippen LogP contribution is -2.29. The van der Waals surface area contributed by atoms with E-state index in [0.717, 1.165) is 18.5 Å². The van der Waals surface area contributed by atoms with Gasteiger partial charge in [0.25, 0.3) is 0 Å². The number of hydrogen-bond acceptors (Lipinski definition) is 3.